The van der Waals surface area contributed by atoms with E-state index in [2.05, 4.69) is 18.9 Å². The average Bonchev–Trinajstić information content (AvgIpc) is 2.63. The molecule has 0 aliphatic carbocycles. The van der Waals surface area contributed by atoms with Crippen molar-refractivity contribution in [3.05, 3.63) is 54.1 Å². The van der Waals surface area contributed by atoms with Gasteiger partial charge >= 0.3 is 0 Å². The molecule has 1 atom stereocenters. The summed E-state index contributed by atoms with van der Waals surface area (Å²) in [7, 11) is 3.78. The van der Waals surface area contributed by atoms with Crippen LogP contribution in [0.5, 0.6) is 5.75 Å². The zero-order chi connectivity index (χ0) is 17.1. The van der Waals surface area contributed by atoms with E-state index in [9.17, 15) is 4.79 Å². The predicted molar refractivity (Wildman–Crippen MR) is 96.4 cm³/mol. The van der Waals surface area contributed by atoms with E-state index in [1.165, 1.54) is 0 Å². The van der Waals surface area contributed by atoms with E-state index in [4.69, 9.17) is 4.74 Å². The van der Waals surface area contributed by atoms with Gasteiger partial charge in [0.05, 0.1) is 7.11 Å². The van der Waals surface area contributed by atoms with Crippen LogP contribution < -0.4 is 4.74 Å². The Kier molecular flexibility index (Phi) is 4.86. The smallest absolute Gasteiger partial charge is 0.253 e. The largest absolute Gasteiger partial charge is 0.496 e. The third-order valence-electron chi connectivity index (χ3n) is 4.80. The summed E-state index contributed by atoms with van der Waals surface area (Å²) in [6.07, 6.45) is 0. The molecule has 1 saturated heterocycles. The van der Waals surface area contributed by atoms with Gasteiger partial charge in [-0.2, -0.15) is 0 Å². The first-order valence-electron chi connectivity index (χ1n) is 8.33. The second-order valence-corrected chi connectivity index (χ2v) is 6.36. The number of methoxy groups -OCH3 is 1. The number of para-hydroxylation sites is 1. The maximum Gasteiger partial charge on any atom is 0.253 e. The van der Waals surface area contributed by atoms with Crippen LogP contribution >= 0.6 is 0 Å². The van der Waals surface area contributed by atoms with Crippen LogP contribution in [0.25, 0.3) is 11.1 Å². The van der Waals surface area contributed by atoms with E-state index in [-0.39, 0.29) is 5.91 Å². The molecule has 2 aromatic rings. The number of likely N-dealkylation sites (N-methyl/N-ethyl adjacent to an activating group) is 1. The SMILES string of the molecule is COc1ccccc1-c1ccc(C(=O)N2CCN(C)[C@H](C)C2)cc1. The molecular formula is C20H24N2O2. The summed E-state index contributed by atoms with van der Waals surface area (Å²) in [6, 6.07) is 16.1. The minimum atomic E-state index is 0.113. The van der Waals surface area contributed by atoms with Gasteiger partial charge in [0, 0.05) is 36.8 Å². The van der Waals surface area contributed by atoms with E-state index in [0.717, 1.165) is 42.1 Å². The Morgan fingerprint density at radius 3 is 2.46 bits per heavy atom. The number of benzene rings is 2. The number of carbonyl (C=O) groups is 1. The van der Waals surface area contributed by atoms with Crippen LogP contribution in [-0.2, 0) is 0 Å². The fraction of sp³-hybridized carbons (Fsp3) is 0.350. The molecule has 0 aromatic heterocycles. The molecule has 2 aromatic carbocycles. The lowest BCUT2D eigenvalue weighted by molar-refractivity contribution is 0.0572. The third-order valence-corrected chi connectivity index (χ3v) is 4.80. The summed E-state index contributed by atoms with van der Waals surface area (Å²) in [5.41, 5.74) is 2.83. The van der Waals surface area contributed by atoms with Crippen molar-refractivity contribution in [3.63, 3.8) is 0 Å². The standard InChI is InChI=1S/C20H24N2O2/c1-15-14-22(13-12-21(15)2)20(23)17-10-8-16(9-11-17)18-6-4-5-7-19(18)24-3/h4-11,15H,12-14H2,1-3H3/t15-/m1/s1. The molecule has 24 heavy (non-hydrogen) atoms. The molecule has 1 heterocycles. The number of hydrogen-bond acceptors (Lipinski definition) is 3. The number of piperazine rings is 1. The summed E-state index contributed by atoms with van der Waals surface area (Å²) < 4.78 is 5.41. The highest BCUT2D eigenvalue weighted by Crippen LogP contribution is 2.29. The lowest BCUT2D eigenvalue weighted by Gasteiger charge is -2.37. The van der Waals surface area contributed by atoms with E-state index < -0.39 is 0 Å². The van der Waals surface area contributed by atoms with E-state index in [1.54, 1.807) is 7.11 Å². The highest BCUT2D eigenvalue weighted by Gasteiger charge is 2.25. The molecule has 0 radical (unpaired) electrons. The molecule has 1 aliphatic heterocycles. The molecule has 1 fully saturated rings. The molecular weight excluding hydrogens is 300 g/mol. The monoisotopic (exact) mass is 324 g/mol. The summed E-state index contributed by atoms with van der Waals surface area (Å²) in [5.74, 6) is 0.950. The number of hydrogen-bond donors (Lipinski definition) is 0. The van der Waals surface area contributed by atoms with Crippen molar-refractivity contribution in [3.8, 4) is 16.9 Å². The van der Waals surface area contributed by atoms with Crippen molar-refractivity contribution >= 4 is 5.91 Å². The van der Waals surface area contributed by atoms with Gasteiger partial charge in [-0.05, 0) is 37.7 Å². The normalized spacial score (nSPS) is 18.5. The molecule has 0 saturated carbocycles. The summed E-state index contributed by atoms with van der Waals surface area (Å²) in [5, 5.41) is 0. The van der Waals surface area contributed by atoms with Crippen LogP contribution in [0.1, 0.15) is 17.3 Å². The molecule has 0 N–H and O–H groups in total. The number of rotatable bonds is 3. The highest BCUT2D eigenvalue weighted by atomic mass is 16.5. The van der Waals surface area contributed by atoms with Gasteiger partial charge in [0.25, 0.3) is 5.91 Å². The van der Waals surface area contributed by atoms with Gasteiger partial charge < -0.3 is 14.5 Å². The first-order valence-corrected chi connectivity index (χ1v) is 8.33. The Balaban J connectivity index is 1.78. The Morgan fingerprint density at radius 2 is 1.79 bits per heavy atom. The summed E-state index contributed by atoms with van der Waals surface area (Å²) >= 11 is 0. The molecule has 0 unspecified atom stereocenters. The zero-order valence-electron chi connectivity index (χ0n) is 14.5. The highest BCUT2D eigenvalue weighted by molar-refractivity contribution is 5.95. The van der Waals surface area contributed by atoms with Gasteiger partial charge in [0.1, 0.15) is 5.75 Å². The Bertz CT molecular complexity index is 712. The number of nitrogens with zero attached hydrogens (tertiary/aromatic N) is 2. The first-order chi connectivity index (χ1) is 11.6. The molecule has 1 amide bonds. The second kappa shape index (κ2) is 7.05. The molecule has 0 spiro atoms. The summed E-state index contributed by atoms with van der Waals surface area (Å²) in [4.78, 5) is 16.9. The maximum atomic E-state index is 12.7. The Hall–Kier alpha value is -2.33. The fourth-order valence-corrected chi connectivity index (χ4v) is 3.09. The van der Waals surface area contributed by atoms with Crippen LogP contribution in [0.2, 0.25) is 0 Å². The molecule has 126 valence electrons. The van der Waals surface area contributed by atoms with Crippen molar-refractivity contribution in [1.29, 1.82) is 0 Å². The lowest BCUT2D eigenvalue weighted by Crippen LogP contribution is -2.52. The minimum absolute atomic E-state index is 0.113. The van der Waals surface area contributed by atoms with E-state index in [1.807, 2.05) is 53.4 Å². The van der Waals surface area contributed by atoms with Crippen molar-refractivity contribution in [2.75, 3.05) is 33.8 Å². The quantitative estimate of drug-likeness (QED) is 0.869. The first kappa shape index (κ1) is 16.5. The zero-order valence-corrected chi connectivity index (χ0v) is 14.5. The van der Waals surface area contributed by atoms with Crippen LogP contribution in [0.4, 0.5) is 0 Å². The van der Waals surface area contributed by atoms with Crippen molar-refractivity contribution < 1.29 is 9.53 Å². The molecule has 3 rings (SSSR count). The van der Waals surface area contributed by atoms with Gasteiger partial charge in [-0.15, -0.1) is 0 Å². The van der Waals surface area contributed by atoms with E-state index >= 15 is 0 Å². The maximum absolute atomic E-state index is 12.7. The Morgan fingerprint density at radius 1 is 1.08 bits per heavy atom. The third kappa shape index (κ3) is 3.29. The molecule has 4 nitrogen and oxygen atoms in total. The second-order valence-electron chi connectivity index (χ2n) is 6.36. The van der Waals surface area contributed by atoms with E-state index in [0.29, 0.717) is 6.04 Å². The average molecular weight is 324 g/mol. The van der Waals surface area contributed by atoms with Gasteiger partial charge in [0.2, 0.25) is 0 Å². The fourth-order valence-electron chi connectivity index (χ4n) is 3.09. The predicted octanol–water partition coefficient (Wildman–Crippen LogP) is 3.14. The van der Waals surface area contributed by atoms with Gasteiger partial charge in [-0.25, -0.2) is 0 Å². The van der Waals surface area contributed by atoms with Crippen molar-refractivity contribution in [2.24, 2.45) is 0 Å². The van der Waals surface area contributed by atoms with Crippen LogP contribution in [-0.4, -0.2) is 55.5 Å². The number of amides is 1. The van der Waals surface area contributed by atoms with Gasteiger partial charge in [0.15, 0.2) is 0 Å². The topological polar surface area (TPSA) is 32.8 Å². The van der Waals surface area contributed by atoms with Gasteiger partial charge in [-0.1, -0.05) is 30.3 Å². The van der Waals surface area contributed by atoms with Crippen LogP contribution in [0, 0.1) is 0 Å². The number of ether oxygens (including phenoxy) is 1. The summed E-state index contributed by atoms with van der Waals surface area (Å²) in [6.45, 7) is 4.65. The minimum Gasteiger partial charge on any atom is -0.496 e. The lowest BCUT2D eigenvalue weighted by atomic mass is 10.0. The molecule has 0 bridgehead atoms. The van der Waals surface area contributed by atoms with Crippen molar-refractivity contribution in [1.82, 2.24) is 9.80 Å². The Labute approximate surface area is 143 Å². The number of carbonyl (C=O) groups excluding carboxylic acids is 1. The molecule has 4 heteroatoms. The van der Waals surface area contributed by atoms with Crippen molar-refractivity contribution in [2.45, 2.75) is 13.0 Å². The van der Waals surface area contributed by atoms with Gasteiger partial charge in [-0.3, -0.25) is 4.79 Å². The molecule has 1 aliphatic rings. The van der Waals surface area contributed by atoms with Crippen LogP contribution in [0.15, 0.2) is 48.5 Å². The van der Waals surface area contributed by atoms with Crippen LogP contribution in [0.3, 0.4) is 0 Å².